The number of rotatable bonds is 7. The van der Waals surface area contributed by atoms with Crippen molar-refractivity contribution < 1.29 is 9.30 Å². The standard InChI is InChI=1S/C54H34NO2PS2/c56-58(40-17-3-1-4-18-40,41-19-5-2-6-20-41)42-27-30-45-44-28-25-36(37-26-29-47-52(32-37)60-53-46-22-9-10-24-51(46)59-54(47)53)31-48(44)55(49(45)34-42)38-15-12-16-39(33-38)57-50-23-11-14-35-13-7-8-21-43(35)50/h1-34H. The molecule has 0 aliphatic carbocycles. The molecule has 284 valence electrons. The molecule has 9 aromatic carbocycles. The van der Waals surface area contributed by atoms with Gasteiger partial charge >= 0.3 is 0 Å². The second-order valence-corrected chi connectivity index (χ2v) is 20.1. The summed E-state index contributed by atoms with van der Waals surface area (Å²) in [6.45, 7) is 0. The van der Waals surface area contributed by atoms with Crippen LogP contribution in [0.15, 0.2) is 206 Å². The van der Waals surface area contributed by atoms with Crippen molar-refractivity contribution in [3.05, 3.63) is 206 Å². The molecule has 0 atom stereocenters. The summed E-state index contributed by atoms with van der Waals surface area (Å²) in [5.74, 6) is 1.54. The third-order valence-corrected chi connectivity index (χ3v) is 17.3. The summed E-state index contributed by atoms with van der Waals surface area (Å²) in [6.07, 6.45) is 0. The van der Waals surface area contributed by atoms with Gasteiger partial charge in [0, 0.05) is 64.0 Å². The van der Waals surface area contributed by atoms with Gasteiger partial charge in [-0.1, -0.05) is 158 Å². The highest BCUT2D eigenvalue weighted by molar-refractivity contribution is 7.85. The fourth-order valence-electron chi connectivity index (χ4n) is 8.87. The van der Waals surface area contributed by atoms with Crippen LogP contribution in [0.1, 0.15) is 0 Å². The van der Waals surface area contributed by atoms with Crippen molar-refractivity contribution in [1.29, 1.82) is 0 Å². The molecular formula is C54H34NO2PS2. The quantitative estimate of drug-likeness (QED) is 0.150. The molecule has 0 saturated carbocycles. The smallest absolute Gasteiger partial charge is 0.171 e. The molecule has 0 spiro atoms. The lowest BCUT2D eigenvalue weighted by Crippen LogP contribution is -2.25. The number of benzene rings is 9. The zero-order valence-corrected chi connectivity index (χ0v) is 34.7. The van der Waals surface area contributed by atoms with Crippen molar-refractivity contribution in [2.24, 2.45) is 0 Å². The highest BCUT2D eigenvalue weighted by atomic mass is 32.1. The minimum atomic E-state index is -3.25. The van der Waals surface area contributed by atoms with E-state index in [-0.39, 0.29) is 0 Å². The third kappa shape index (κ3) is 5.58. The molecule has 0 aliphatic heterocycles. The van der Waals surface area contributed by atoms with Gasteiger partial charge in [0.2, 0.25) is 0 Å². The molecule has 12 aromatic rings. The molecule has 3 aromatic heterocycles. The Bertz CT molecular complexity index is 3630. The van der Waals surface area contributed by atoms with Gasteiger partial charge in [0.1, 0.15) is 11.5 Å². The second-order valence-electron chi connectivity index (χ2n) is 15.2. The van der Waals surface area contributed by atoms with E-state index < -0.39 is 7.14 Å². The van der Waals surface area contributed by atoms with Crippen LogP contribution in [0.3, 0.4) is 0 Å². The lowest BCUT2D eigenvalue weighted by molar-refractivity contribution is 0.488. The van der Waals surface area contributed by atoms with E-state index in [1.807, 2.05) is 108 Å². The highest BCUT2D eigenvalue weighted by Crippen LogP contribution is 2.47. The topological polar surface area (TPSA) is 31.2 Å². The molecule has 0 fully saturated rings. The summed E-state index contributed by atoms with van der Waals surface area (Å²) in [7, 11) is -3.25. The molecule has 0 bridgehead atoms. The van der Waals surface area contributed by atoms with Crippen LogP contribution in [0.2, 0.25) is 0 Å². The molecule has 0 radical (unpaired) electrons. The molecule has 60 heavy (non-hydrogen) atoms. The van der Waals surface area contributed by atoms with Crippen LogP contribution in [0.4, 0.5) is 0 Å². The van der Waals surface area contributed by atoms with Crippen LogP contribution in [0.25, 0.3) is 79.0 Å². The normalized spacial score (nSPS) is 12.1. The first-order valence-electron chi connectivity index (χ1n) is 20.0. The van der Waals surface area contributed by atoms with Crippen molar-refractivity contribution in [2.75, 3.05) is 0 Å². The number of thiophene rings is 2. The first-order chi connectivity index (χ1) is 29.6. The fraction of sp³-hybridized carbons (Fsp3) is 0. The Kier molecular flexibility index (Phi) is 8.18. The minimum Gasteiger partial charge on any atom is -0.457 e. The number of nitrogens with zero attached hydrogens (tertiary/aromatic N) is 1. The SMILES string of the molecule is O=P(c1ccccc1)(c1ccccc1)c1ccc2c3ccc(-c4ccc5c(c4)sc4c6ccccc6sc54)cc3n(-c3cccc(Oc4cccc5ccccc45)c3)c2c1. The molecule has 0 aliphatic rings. The largest absolute Gasteiger partial charge is 0.457 e. The number of fused-ring (bicyclic) bond motifs is 9. The van der Waals surface area contributed by atoms with E-state index in [0.717, 1.165) is 71.2 Å². The lowest BCUT2D eigenvalue weighted by atomic mass is 10.0. The van der Waals surface area contributed by atoms with E-state index in [1.165, 1.54) is 35.1 Å². The van der Waals surface area contributed by atoms with Gasteiger partial charge in [0.15, 0.2) is 7.14 Å². The van der Waals surface area contributed by atoms with E-state index >= 15 is 4.57 Å². The fourth-order valence-corrected chi connectivity index (χ4v) is 14.2. The Balaban J connectivity index is 1.07. The molecule has 3 nitrogen and oxygen atoms in total. The molecule has 12 rings (SSSR count). The van der Waals surface area contributed by atoms with Crippen LogP contribution >= 0.6 is 29.8 Å². The summed E-state index contributed by atoms with van der Waals surface area (Å²) in [5.41, 5.74) is 5.31. The van der Waals surface area contributed by atoms with Gasteiger partial charge in [-0.05, 0) is 59.0 Å². The molecule has 0 amide bonds. The molecule has 6 heteroatoms. The van der Waals surface area contributed by atoms with Gasteiger partial charge in [-0.2, -0.15) is 0 Å². The minimum absolute atomic E-state index is 0.737. The predicted molar refractivity (Wildman–Crippen MR) is 258 cm³/mol. The molecule has 0 saturated heterocycles. The van der Waals surface area contributed by atoms with Crippen molar-refractivity contribution in [1.82, 2.24) is 4.57 Å². The van der Waals surface area contributed by atoms with E-state index in [2.05, 4.69) is 126 Å². The van der Waals surface area contributed by atoms with Crippen molar-refractivity contribution in [3.63, 3.8) is 0 Å². The summed E-state index contributed by atoms with van der Waals surface area (Å²) < 4.78 is 30.1. The first kappa shape index (κ1) is 35.2. The van der Waals surface area contributed by atoms with Crippen molar-refractivity contribution in [2.45, 2.75) is 0 Å². The van der Waals surface area contributed by atoms with Crippen LogP contribution in [0, 0.1) is 0 Å². The Morgan fingerprint density at radius 2 is 1.00 bits per heavy atom. The maximum Gasteiger partial charge on any atom is 0.171 e. The Labute approximate surface area is 354 Å². The predicted octanol–water partition coefficient (Wildman–Crippen LogP) is 14.6. The van der Waals surface area contributed by atoms with Gasteiger partial charge in [-0.25, -0.2) is 0 Å². The average Bonchev–Trinajstić information content (AvgIpc) is 3.97. The van der Waals surface area contributed by atoms with Gasteiger partial charge in [0.25, 0.3) is 0 Å². The Hall–Kier alpha value is -6.75. The van der Waals surface area contributed by atoms with Crippen molar-refractivity contribution >= 4 is 108 Å². The van der Waals surface area contributed by atoms with Crippen LogP contribution in [-0.2, 0) is 4.57 Å². The molecule has 3 heterocycles. The summed E-state index contributed by atoms with van der Waals surface area (Å²) in [4.78, 5) is 0. The van der Waals surface area contributed by atoms with Crippen molar-refractivity contribution in [3.8, 4) is 28.3 Å². The van der Waals surface area contributed by atoms with Gasteiger partial charge in [0.05, 0.1) is 20.4 Å². The van der Waals surface area contributed by atoms with Gasteiger partial charge in [-0.3, -0.25) is 0 Å². The third-order valence-electron chi connectivity index (χ3n) is 11.7. The summed E-state index contributed by atoms with van der Waals surface area (Å²) in [5, 5.41) is 9.45. The Morgan fingerprint density at radius 3 is 1.78 bits per heavy atom. The van der Waals surface area contributed by atoms with Crippen LogP contribution < -0.4 is 20.7 Å². The Morgan fingerprint density at radius 1 is 0.417 bits per heavy atom. The lowest BCUT2D eigenvalue weighted by Gasteiger charge is -2.20. The maximum atomic E-state index is 15.7. The van der Waals surface area contributed by atoms with E-state index in [1.54, 1.807) is 0 Å². The van der Waals surface area contributed by atoms with Gasteiger partial charge < -0.3 is 13.9 Å². The molecule has 0 N–H and O–H groups in total. The van der Waals surface area contributed by atoms with E-state index in [4.69, 9.17) is 4.74 Å². The van der Waals surface area contributed by atoms with E-state index in [9.17, 15) is 0 Å². The zero-order valence-electron chi connectivity index (χ0n) is 32.2. The molecular weight excluding hydrogens is 790 g/mol. The monoisotopic (exact) mass is 823 g/mol. The zero-order chi connectivity index (χ0) is 39.8. The van der Waals surface area contributed by atoms with E-state index in [0.29, 0.717) is 0 Å². The van der Waals surface area contributed by atoms with Crippen LogP contribution in [-0.4, -0.2) is 4.57 Å². The number of hydrogen-bond donors (Lipinski definition) is 0. The van der Waals surface area contributed by atoms with Gasteiger partial charge in [-0.15, -0.1) is 22.7 Å². The maximum absolute atomic E-state index is 15.7. The highest BCUT2D eigenvalue weighted by Gasteiger charge is 2.30. The number of hydrogen-bond acceptors (Lipinski definition) is 4. The second kappa shape index (κ2) is 13.9. The molecule has 0 unspecified atom stereocenters. The first-order valence-corrected chi connectivity index (χ1v) is 23.3. The summed E-state index contributed by atoms with van der Waals surface area (Å²) >= 11 is 3.76. The summed E-state index contributed by atoms with van der Waals surface area (Å²) in [6, 6.07) is 71.4. The average molecular weight is 824 g/mol. The van der Waals surface area contributed by atoms with Crippen LogP contribution in [0.5, 0.6) is 11.5 Å². The number of aromatic nitrogens is 1. The number of ether oxygens (including phenoxy) is 1.